The van der Waals surface area contributed by atoms with Crippen molar-refractivity contribution in [2.75, 3.05) is 0 Å². The van der Waals surface area contributed by atoms with Gasteiger partial charge in [0.1, 0.15) is 0 Å². The van der Waals surface area contributed by atoms with E-state index in [0.29, 0.717) is 0 Å². The summed E-state index contributed by atoms with van der Waals surface area (Å²) in [5, 5.41) is 0. The zero-order valence-electron chi connectivity index (χ0n) is 2.89. The average Bonchev–Trinajstić information content (AvgIpc) is 1.76. The summed E-state index contributed by atoms with van der Waals surface area (Å²) in [5.74, 6) is 0. The van der Waals surface area contributed by atoms with Crippen molar-refractivity contribution >= 4 is 37.7 Å². The van der Waals surface area contributed by atoms with Crippen molar-refractivity contribution in [1.82, 2.24) is 0 Å². The van der Waals surface area contributed by atoms with E-state index in [0.717, 1.165) is 0 Å². The van der Waals surface area contributed by atoms with Gasteiger partial charge >= 0.3 is 37.7 Å². The van der Waals surface area contributed by atoms with E-state index in [9.17, 15) is 0 Å². The molecule has 0 saturated heterocycles. The molecular formula is C5H7Ca. The second-order valence-corrected chi connectivity index (χ2v) is 0.962. The van der Waals surface area contributed by atoms with E-state index in [4.69, 9.17) is 0 Å². The van der Waals surface area contributed by atoms with Gasteiger partial charge in [-0.2, -0.15) is 0 Å². The summed E-state index contributed by atoms with van der Waals surface area (Å²) in [6.45, 7) is 0. The topological polar surface area (TPSA) is 0 Å². The molecular weight excluding hydrogens is 100 g/mol. The van der Waals surface area contributed by atoms with E-state index in [1.54, 1.807) is 0 Å². The second-order valence-electron chi connectivity index (χ2n) is 0.962. The average molecular weight is 107 g/mol. The monoisotopic (exact) mass is 107 g/mol. The van der Waals surface area contributed by atoms with Crippen LogP contribution in [0.2, 0.25) is 0 Å². The molecule has 0 saturated carbocycles. The van der Waals surface area contributed by atoms with Gasteiger partial charge < -0.3 is 0 Å². The molecule has 0 spiro atoms. The van der Waals surface area contributed by atoms with Crippen LogP contribution in [0.25, 0.3) is 0 Å². The summed E-state index contributed by atoms with van der Waals surface area (Å²) in [6.07, 6.45) is 10.0. The zero-order chi connectivity index (χ0) is 3.54. The standard InChI is InChI=1S/C5H5.Ca.2H/c1-2-4-5-3-1;;;/h1-5H;;;. The molecule has 29 valence electrons. The van der Waals surface area contributed by atoms with Crippen LogP contribution in [0.1, 0.15) is 0 Å². The van der Waals surface area contributed by atoms with Crippen LogP contribution >= 0.6 is 0 Å². The zero-order valence-corrected chi connectivity index (χ0v) is 2.89. The molecule has 1 aliphatic rings. The molecule has 6 heavy (non-hydrogen) atoms. The summed E-state index contributed by atoms with van der Waals surface area (Å²) < 4.78 is 0. The van der Waals surface area contributed by atoms with E-state index in [-0.39, 0.29) is 37.7 Å². The summed E-state index contributed by atoms with van der Waals surface area (Å²) in [5.41, 5.74) is 0. The molecule has 1 heteroatoms. The van der Waals surface area contributed by atoms with E-state index in [2.05, 4.69) is 0 Å². The summed E-state index contributed by atoms with van der Waals surface area (Å²) in [4.78, 5) is 0. The Labute approximate surface area is 67.9 Å². The van der Waals surface area contributed by atoms with Crippen molar-refractivity contribution < 1.29 is 0 Å². The molecule has 1 rings (SSSR count). The molecule has 0 fully saturated rings. The Morgan fingerprint density at radius 3 is 1.33 bits per heavy atom. The van der Waals surface area contributed by atoms with E-state index < -0.39 is 0 Å². The van der Waals surface area contributed by atoms with E-state index >= 15 is 0 Å². The molecule has 0 aromatic rings. The molecule has 0 atom stereocenters. The van der Waals surface area contributed by atoms with Crippen molar-refractivity contribution in [3.63, 3.8) is 0 Å². The Morgan fingerprint density at radius 2 is 1.17 bits per heavy atom. The van der Waals surface area contributed by atoms with Gasteiger partial charge in [-0.25, -0.2) is 0 Å². The van der Waals surface area contributed by atoms with Crippen LogP contribution in [0, 0.1) is 6.42 Å². The second kappa shape index (κ2) is 3.91. The minimum atomic E-state index is 0. The van der Waals surface area contributed by atoms with Crippen molar-refractivity contribution in [3.8, 4) is 0 Å². The van der Waals surface area contributed by atoms with Crippen LogP contribution in [0.4, 0.5) is 0 Å². The Bertz CT molecular complexity index is 62.0. The van der Waals surface area contributed by atoms with Crippen molar-refractivity contribution in [3.05, 3.63) is 30.7 Å². The number of allylic oxidation sites excluding steroid dienone is 4. The molecule has 0 aliphatic heterocycles. The first kappa shape index (κ1) is 6.74. The van der Waals surface area contributed by atoms with Crippen LogP contribution in [0.15, 0.2) is 24.3 Å². The van der Waals surface area contributed by atoms with Gasteiger partial charge in [0.2, 0.25) is 0 Å². The van der Waals surface area contributed by atoms with Gasteiger partial charge in [-0.15, -0.1) is 0 Å². The fourth-order valence-corrected chi connectivity index (χ4v) is 0.321. The van der Waals surface area contributed by atoms with Gasteiger partial charge in [-0.1, -0.05) is 24.3 Å². The number of hydrogen-bond acceptors (Lipinski definition) is 0. The molecule has 0 aromatic carbocycles. The maximum atomic E-state index is 2.00. The first-order valence-corrected chi connectivity index (χ1v) is 1.67. The first-order valence-electron chi connectivity index (χ1n) is 1.67. The van der Waals surface area contributed by atoms with Gasteiger partial charge in [-0.05, 0) is 0 Å². The molecule has 1 aliphatic carbocycles. The minimum absolute atomic E-state index is 0. The SMILES string of the molecule is [CH]1C=CC=C1.[CaH2]. The first-order chi connectivity index (χ1) is 2.50. The van der Waals surface area contributed by atoms with E-state index in [1.165, 1.54) is 0 Å². The number of rotatable bonds is 0. The Balaban J connectivity index is 0.000000250. The fourth-order valence-electron chi connectivity index (χ4n) is 0.321. The third-order valence-electron chi connectivity index (χ3n) is 0.556. The molecule has 0 amide bonds. The van der Waals surface area contributed by atoms with Gasteiger partial charge in [-0.3, -0.25) is 0 Å². The van der Waals surface area contributed by atoms with Crippen LogP contribution < -0.4 is 0 Å². The van der Waals surface area contributed by atoms with Gasteiger partial charge in [0, 0.05) is 6.42 Å². The third-order valence-corrected chi connectivity index (χ3v) is 0.556. The van der Waals surface area contributed by atoms with Crippen molar-refractivity contribution in [1.29, 1.82) is 0 Å². The normalized spacial score (nSPS) is 14.7. The Morgan fingerprint density at radius 1 is 0.667 bits per heavy atom. The van der Waals surface area contributed by atoms with Crippen molar-refractivity contribution in [2.45, 2.75) is 0 Å². The van der Waals surface area contributed by atoms with Crippen molar-refractivity contribution in [2.24, 2.45) is 0 Å². The molecule has 0 aromatic heterocycles. The third kappa shape index (κ3) is 2.01. The molecule has 1 radical (unpaired) electrons. The van der Waals surface area contributed by atoms with Gasteiger partial charge in [0.25, 0.3) is 0 Å². The van der Waals surface area contributed by atoms with Crippen LogP contribution in [-0.4, -0.2) is 37.7 Å². The predicted octanol–water partition coefficient (Wildman–Crippen LogP) is 0.400. The van der Waals surface area contributed by atoms with Crippen LogP contribution in [-0.2, 0) is 0 Å². The fraction of sp³-hybridized carbons (Fsp3) is 0. The summed E-state index contributed by atoms with van der Waals surface area (Å²) >= 11 is 0. The Kier molecular flexibility index (Phi) is 4.40. The van der Waals surface area contributed by atoms with Crippen LogP contribution in [0.5, 0.6) is 0 Å². The summed E-state index contributed by atoms with van der Waals surface area (Å²) in [7, 11) is 0. The quantitative estimate of drug-likeness (QED) is 0.393. The summed E-state index contributed by atoms with van der Waals surface area (Å²) in [6, 6.07) is 0. The predicted molar refractivity (Wildman–Crippen MR) is 31.1 cm³/mol. The Hall–Kier alpha value is 0.740. The maximum absolute atomic E-state index is 2.00. The van der Waals surface area contributed by atoms with Gasteiger partial charge in [0.05, 0.1) is 0 Å². The molecule has 0 nitrogen and oxygen atoms in total. The molecule has 0 N–H and O–H groups in total. The number of hydrogen-bond donors (Lipinski definition) is 0. The van der Waals surface area contributed by atoms with Gasteiger partial charge in [0.15, 0.2) is 0 Å². The van der Waals surface area contributed by atoms with Crippen LogP contribution in [0.3, 0.4) is 0 Å². The molecule has 0 unspecified atom stereocenters. The van der Waals surface area contributed by atoms with E-state index in [1.807, 2.05) is 30.7 Å². The molecule has 0 bridgehead atoms. The molecule has 0 heterocycles.